The molecule has 2 aliphatic rings. The zero-order valence-corrected chi connectivity index (χ0v) is 16.3. The molecule has 1 spiro atoms. The van der Waals surface area contributed by atoms with E-state index in [2.05, 4.69) is 20.6 Å². The first-order chi connectivity index (χ1) is 13.9. The van der Waals surface area contributed by atoms with Gasteiger partial charge in [0.05, 0.1) is 25.4 Å². The van der Waals surface area contributed by atoms with E-state index in [1.807, 2.05) is 19.1 Å². The molecule has 1 fully saturated rings. The largest absolute Gasteiger partial charge is 0.491 e. The molecule has 0 saturated carbocycles. The Balaban J connectivity index is 1.64. The highest BCUT2D eigenvalue weighted by Gasteiger charge is 2.45. The van der Waals surface area contributed by atoms with Gasteiger partial charge in [-0.05, 0) is 43.0 Å². The number of benzene rings is 1. The lowest BCUT2D eigenvalue weighted by Crippen LogP contribution is -2.50. The molecule has 2 N–H and O–H groups in total. The number of piperidine rings is 1. The Labute approximate surface area is 167 Å². The van der Waals surface area contributed by atoms with Gasteiger partial charge in [0.25, 0.3) is 12.3 Å². The number of nitrogens with zero attached hydrogens (tertiary/aromatic N) is 3. The van der Waals surface area contributed by atoms with Crippen molar-refractivity contribution in [1.29, 1.82) is 0 Å². The van der Waals surface area contributed by atoms with Crippen LogP contribution < -0.4 is 15.4 Å². The van der Waals surface area contributed by atoms with E-state index in [0.29, 0.717) is 43.1 Å². The standard InChI is InChI=1S/C20H23F2N5O2/c1-12-7-13(25-18-15(29-2)9-23-11-24-18)8-14-17(12)19(28)26-20(14)3-5-27(6-4-20)10-16(21)22/h7-9,11,16H,3-6,10H2,1-2H3,(H,26,28)(H,23,24,25). The van der Waals surface area contributed by atoms with Crippen molar-refractivity contribution in [2.45, 2.75) is 31.7 Å². The molecule has 7 nitrogen and oxygen atoms in total. The molecular weight excluding hydrogens is 380 g/mol. The number of aryl methyl sites for hydroxylation is 1. The molecule has 0 bridgehead atoms. The van der Waals surface area contributed by atoms with Crippen LogP contribution in [0.25, 0.3) is 0 Å². The molecule has 1 saturated heterocycles. The van der Waals surface area contributed by atoms with Crippen LogP contribution >= 0.6 is 0 Å². The third-order valence-electron chi connectivity index (χ3n) is 5.70. The number of alkyl halides is 2. The fourth-order valence-corrected chi connectivity index (χ4v) is 4.29. The predicted octanol–water partition coefficient (Wildman–Crippen LogP) is 2.84. The third kappa shape index (κ3) is 3.62. The first kappa shape index (κ1) is 19.5. The number of carbonyl (C=O) groups excluding carboxylic acids is 1. The summed E-state index contributed by atoms with van der Waals surface area (Å²) in [5.74, 6) is 0.931. The van der Waals surface area contributed by atoms with E-state index in [9.17, 15) is 13.6 Å². The number of aromatic nitrogens is 2. The van der Waals surface area contributed by atoms with E-state index < -0.39 is 12.0 Å². The number of nitrogens with one attached hydrogen (secondary N) is 2. The van der Waals surface area contributed by atoms with Crippen LogP contribution in [0, 0.1) is 6.92 Å². The Morgan fingerprint density at radius 1 is 1.34 bits per heavy atom. The molecule has 2 aromatic rings. The van der Waals surface area contributed by atoms with Crippen molar-refractivity contribution in [2.75, 3.05) is 32.1 Å². The summed E-state index contributed by atoms with van der Waals surface area (Å²) in [7, 11) is 1.54. The maximum absolute atomic E-state index is 12.7. The van der Waals surface area contributed by atoms with Crippen LogP contribution in [0.15, 0.2) is 24.7 Å². The topological polar surface area (TPSA) is 79.4 Å². The highest BCUT2D eigenvalue weighted by Crippen LogP contribution is 2.42. The molecule has 4 rings (SSSR count). The van der Waals surface area contributed by atoms with Gasteiger partial charge < -0.3 is 15.4 Å². The molecule has 1 amide bonds. The van der Waals surface area contributed by atoms with Crippen molar-refractivity contribution >= 4 is 17.4 Å². The number of ether oxygens (including phenoxy) is 1. The van der Waals surface area contributed by atoms with E-state index in [1.165, 1.54) is 6.33 Å². The van der Waals surface area contributed by atoms with E-state index >= 15 is 0 Å². The fourth-order valence-electron chi connectivity index (χ4n) is 4.29. The highest BCUT2D eigenvalue weighted by atomic mass is 19.3. The summed E-state index contributed by atoms with van der Waals surface area (Å²) in [6.07, 6.45) is 1.84. The number of amides is 1. The van der Waals surface area contributed by atoms with Crippen molar-refractivity contribution in [2.24, 2.45) is 0 Å². The summed E-state index contributed by atoms with van der Waals surface area (Å²) in [6, 6.07) is 3.84. The number of hydrogen-bond donors (Lipinski definition) is 2. The van der Waals surface area contributed by atoms with Gasteiger partial charge in [0.2, 0.25) is 0 Å². The van der Waals surface area contributed by atoms with Gasteiger partial charge in [-0.1, -0.05) is 0 Å². The highest BCUT2D eigenvalue weighted by molar-refractivity contribution is 6.02. The minimum atomic E-state index is -2.35. The summed E-state index contributed by atoms with van der Waals surface area (Å²) in [5.41, 5.74) is 2.69. The zero-order chi connectivity index (χ0) is 20.6. The van der Waals surface area contributed by atoms with Crippen LogP contribution in [0.4, 0.5) is 20.3 Å². The molecule has 1 aromatic heterocycles. The van der Waals surface area contributed by atoms with Gasteiger partial charge in [0, 0.05) is 24.3 Å². The second-order valence-electron chi connectivity index (χ2n) is 7.51. The number of anilines is 2. The maximum Gasteiger partial charge on any atom is 0.252 e. The molecule has 1 aromatic carbocycles. The number of hydrogen-bond acceptors (Lipinski definition) is 6. The molecule has 0 radical (unpaired) electrons. The number of methoxy groups -OCH3 is 1. The lowest BCUT2D eigenvalue weighted by Gasteiger charge is -2.39. The van der Waals surface area contributed by atoms with Gasteiger partial charge >= 0.3 is 0 Å². The minimum Gasteiger partial charge on any atom is -0.491 e. The third-order valence-corrected chi connectivity index (χ3v) is 5.70. The Bertz CT molecular complexity index is 929. The maximum atomic E-state index is 12.7. The molecule has 0 aliphatic carbocycles. The summed E-state index contributed by atoms with van der Waals surface area (Å²) >= 11 is 0. The van der Waals surface area contributed by atoms with Crippen molar-refractivity contribution in [3.63, 3.8) is 0 Å². The first-order valence-corrected chi connectivity index (χ1v) is 9.51. The fraction of sp³-hybridized carbons (Fsp3) is 0.450. The molecule has 9 heteroatoms. The zero-order valence-electron chi connectivity index (χ0n) is 16.3. The average Bonchev–Trinajstić information content (AvgIpc) is 2.96. The Hall–Kier alpha value is -2.81. The number of fused-ring (bicyclic) bond motifs is 2. The van der Waals surface area contributed by atoms with E-state index in [0.717, 1.165) is 16.8 Å². The lowest BCUT2D eigenvalue weighted by molar-refractivity contribution is 0.0554. The van der Waals surface area contributed by atoms with Crippen molar-refractivity contribution in [3.8, 4) is 5.75 Å². The monoisotopic (exact) mass is 403 g/mol. The summed E-state index contributed by atoms with van der Waals surface area (Å²) in [6.45, 7) is 2.69. The van der Waals surface area contributed by atoms with Crippen molar-refractivity contribution in [3.05, 3.63) is 41.3 Å². The van der Waals surface area contributed by atoms with Gasteiger partial charge in [-0.15, -0.1) is 0 Å². The van der Waals surface area contributed by atoms with Crippen LogP contribution in [0.3, 0.4) is 0 Å². The molecule has 0 unspecified atom stereocenters. The normalized spacial score (nSPS) is 18.0. The van der Waals surface area contributed by atoms with Crippen LogP contribution in [0.5, 0.6) is 5.75 Å². The lowest BCUT2D eigenvalue weighted by atomic mass is 9.80. The van der Waals surface area contributed by atoms with Gasteiger partial charge in [-0.25, -0.2) is 18.7 Å². The minimum absolute atomic E-state index is 0.106. The second kappa shape index (κ2) is 7.55. The predicted molar refractivity (Wildman–Crippen MR) is 104 cm³/mol. The SMILES string of the molecule is COc1cncnc1Nc1cc(C)c2c(c1)C1(CCN(CC(F)F)CC1)NC2=O. The number of carbonyl (C=O) groups is 1. The molecule has 3 heterocycles. The van der Waals surface area contributed by atoms with Gasteiger partial charge in [-0.2, -0.15) is 0 Å². The molecular formula is C20H23F2N5O2. The van der Waals surface area contributed by atoms with Crippen LogP contribution in [-0.4, -0.2) is 53.9 Å². The summed E-state index contributed by atoms with van der Waals surface area (Å²) < 4.78 is 30.7. The Kier molecular flexibility index (Phi) is 5.08. The van der Waals surface area contributed by atoms with E-state index in [-0.39, 0.29) is 12.5 Å². The quantitative estimate of drug-likeness (QED) is 0.799. The van der Waals surface area contributed by atoms with Crippen LogP contribution in [0.2, 0.25) is 0 Å². The molecule has 0 atom stereocenters. The van der Waals surface area contributed by atoms with Crippen LogP contribution in [0.1, 0.15) is 34.3 Å². The Morgan fingerprint density at radius 2 is 2.10 bits per heavy atom. The average molecular weight is 403 g/mol. The summed E-state index contributed by atoms with van der Waals surface area (Å²) in [4.78, 5) is 22.6. The van der Waals surface area contributed by atoms with Crippen molar-refractivity contribution in [1.82, 2.24) is 20.2 Å². The van der Waals surface area contributed by atoms with Gasteiger partial charge in [0.1, 0.15) is 6.33 Å². The van der Waals surface area contributed by atoms with Crippen molar-refractivity contribution < 1.29 is 18.3 Å². The van der Waals surface area contributed by atoms with Crippen LogP contribution in [-0.2, 0) is 5.54 Å². The summed E-state index contributed by atoms with van der Waals surface area (Å²) in [5, 5.41) is 6.37. The van der Waals surface area contributed by atoms with Gasteiger partial charge in [0.15, 0.2) is 11.6 Å². The first-order valence-electron chi connectivity index (χ1n) is 9.51. The van der Waals surface area contributed by atoms with Gasteiger partial charge in [-0.3, -0.25) is 9.69 Å². The number of rotatable bonds is 5. The molecule has 154 valence electrons. The van der Waals surface area contributed by atoms with E-state index in [4.69, 9.17) is 4.74 Å². The second-order valence-corrected chi connectivity index (χ2v) is 7.51. The smallest absolute Gasteiger partial charge is 0.252 e. The number of halogens is 2. The Morgan fingerprint density at radius 3 is 2.79 bits per heavy atom. The number of likely N-dealkylation sites (tertiary alicyclic amines) is 1. The molecule has 29 heavy (non-hydrogen) atoms. The van der Waals surface area contributed by atoms with E-state index in [1.54, 1.807) is 18.2 Å². The molecule has 2 aliphatic heterocycles.